The van der Waals surface area contributed by atoms with E-state index in [4.69, 9.17) is 32.7 Å². The zero-order valence-corrected chi connectivity index (χ0v) is 23.3. The van der Waals surface area contributed by atoms with E-state index in [0.29, 0.717) is 0 Å². The van der Waals surface area contributed by atoms with Crippen LogP contribution in [0.1, 0.15) is 22.8 Å². The third-order valence-corrected chi connectivity index (χ3v) is 7.73. The normalized spacial score (nSPS) is 11.0. The summed E-state index contributed by atoms with van der Waals surface area (Å²) in [6.45, 7) is 2.42. The number of nitrogens with zero attached hydrogens (tertiary/aromatic N) is 2. The van der Waals surface area contributed by atoms with Gasteiger partial charge >= 0.3 is 5.97 Å². The Morgan fingerprint density at radius 2 is 1.79 bits per heavy atom. The van der Waals surface area contributed by atoms with Gasteiger partial charge in [0.15, 0.2) is 0 Å². The van der Waals surface area contributed by atoms with Crippen LogP contribution in [-0.4, -0.2) is 45.5 Å². The molecule has 0 unspecified atom stereocenters. The Hall–Kier alpha value is -3.87. The van der Waals surface area contributed by atoms with Crippen LogP contribution in [0.5, 0.6) is 5.75 Å². The number of aryl methyl sites for hydroxylation is 1. The van der Waals surface area contributed by atoms with E-state index in [0.717, 1.165) is 10.4 Å². The Morgan fingerprint density at radius 3 is 2.44 bits per heavy atom. The standard InChI is InChI=1S/C25H23Cl2N3O8S/c1-4-38-25(32)19-12-17(7-9-20(19)27)28-24(31)14-29(22-11-16(26)6-10-23(22)37-3)39(35,36)18-8-5-15(2)21(13-18)30(33)34/h5-13H,4,14H2,1-3H3,(H,28,31). The predicted octanol–water partition coefficient (Wildman–Crippen LogP) is 5.23. The molecule has 0 fully saturated rings. The number of carbonyl (C=O) groups excluding carboxylic acids is 2. The Balaban J connectivity index is 2.06. The minimum atomic E-state index is -4.57. The number of hydrogen-bond donors (Lipinski definition) is 1. The number of rotatable bonds is 10. The largest absolute Gasteiger partial charge is 0.495 e. The molecule has 0 saturated heterocycles. The van der Waals surface area contributed by atoms with Gasteiger partial charge in [0.25, 0.3) is 15.7 Å². The number of halogens is 2. The molecule has 11 nitrogen and oxygen atoms in total. The fourth-order valence-electron chi connectivity index (χ4n) is 3.53. The van der Waals surface area contributed by atoms with Gasteiger partial charge in [-0.1, -0.05) is 29.3 Å². The van der Waals surface area contributed by atoms with Crippen LogP contribution >= 0.6 is 23.2 Å². The molecule has 0 aliphatic rings. The number of methoxy groups -OCH3 is 1. The molecule has 3 aromatic rings. The van der Waals surface area contributed by atoms with Gasteiger partial charge in [-0.25, -0.2) is 13.2 Å². The van der Waals surface area contributed by atoms with Crippen molar-refractivity contribution in [3.63, 3.8) is 0 Å². The first-order valence-electron chi connectivity index (χ1n) is 11.3. The van der Waals surface area contributed by atoms with E-state index in [1.807, 2.05) is 0 Å². The third-order valence-electron chi connectivity index (χ3n) is 5.41. The zero-order chi connectivity index (χ0) is 28.9. The molecule has 3 rings (SSSR count). The number of amides is 1. The van der Waals surface area contributed by atoms with Gasteiger partial charge in [-0.15, -0.1) is 0 Å². The SMILES string of the molecule is CCOC(=O)c1cc(NC(=O)CN(c2cc(Cl)ccc2OC)S(=O)(=O)c2ccc(C)c([N+](=O)[O-])c2)ccc1Cl. The summed E-state index contributed by atoms with van der Waals surface area (Å²) in [5.74, 6) is -1.43. The second-order valence-corrected chi connectivity index (χ2v) is 10.7. The van der Waals surface area contributed by atoms with E-state index in [9.17, 15) is 28.1 Å². The van der Waals surface area contributed by atoms with Crippen molar-refractivity contribution in [1.82, 2.24) is 0 Å². The summed E-state index contributed by atoms with van der Waals surface area (Å²) in [6, 6.07) is 11.7. The third kappa shape index (κ3) is 6.77. The molecule has 0 heterocycles. The molecule has 14 heteroatoms. The summed E-state index contributed by atoms with van der Waals surface area (Å²) < 4.78 is 38.6. The monoisotopic (exact) mass is 595 g/mol. The van der Waals surface area contributed by atoms with Crippen molar-refractivity contribution in [2.45, 2.75) is 18.7 Å². The number of hydrogen-bond acceptors (Lipinski definition) is 8. The molecule has 0 atom stereocenters. The minimum Gasteiger partial charge on any atom is -0.495 e. The number of sulfonamides is 1. The summed E-state index contributed by atoms with van der Waals surface area (Å²) in [5, 5.41) is 14.2. The number of esters is 1. The van der Waals surface area contributed by atoms with Gasteiger partial charge in [0.05, 0.1) is 39.8 Å². The first-order valence-corrected chi connectivity index (χ1v) is 13.5. The lowest BCUT2D eigenvalue weighted by molar-refractivity contribution is -0.385. The van der Waals surface area contributed by atoms with Gasteiger partial charge < -0.3 is 14.8 Å². The lowest BCUT2D eigenvalue weighted by Crippen LogP contribution is -2.38. The fourth-order valence-corrected chi connectivity index (χ4v) is 5.34. The number of benzene rings is 3. The van der Waals surface area contributed by atoms with Crippen molar-refractivity contribution >= 4 is 62.2 Å². The lowest BCUT2D eigenvalue weighted by Gasteiger charge is -2.26. The van der Waals surface area contributed by atoms with Crippen molar-refractivity contribution in [2.75, 3.05) is 29.9 Å². The quantitative estimate of drug-likeness (QED) is 0.190. The number of nitrogens with one attached hydrogen (secondary N) is 1. The summed E-state index contributed by atoms with van der Waals surface area (Å²) in [7, 11) is -3.26. The molecule has 0 aromatic heterocycles. The van der Waals surface area contributed by atoms with Crippen molar-refractivity contribution in [3.05, 3.63) is 85.9 Å². The van der Waals surface area contributed by atoms with Crippen LogP contribution in [0.4, 0.5) is 17.1 Å². The second-order valence-electron chi connectivity index (χ2n) is 8.00. The Labute approximate surface area is 234 Å². The number of nitro benzene ring substituents is 1. The molecular weight excluding hydrogens is 573 g/mol. The Kier molecular flexibility index (Phi) is 9.38. The van der Waals surface area contributed by atoms with Crippen molar-refractivity contribution in [1.29, 1.82) is 0 Å². The number of anilines is 2. The van der Waals surface area contributed by atoms with Crippen molar-refractivity contribution in [3.8, 4) is 5.75 Å². The first-order chi connectivity index (χ1) is 18.4. The van der Waals surface area contributed by atoms with E-state index < -0.39 is 44.0 Å². The Bertz CT molecular complexity index is 1550. The molecule has 0 radical (unpaired) electrons. The highest BCUT2D eigenvalue weighted by Gasteiger charge is 2.31. The van der Waals surface area contributed by atoms with Crippen LogP contribution in [0.15, 0.2) is 59.5 Å². The van der Waals surface area contributed by atoms with Gasteiger partial charge in [-0.2, -0.15) is 0 Å². The van der Waals surface area contributed by atoms with Gasteiger partial charge in [-0.3, -0.25) is 19.2 Å². The number of nitro groups is 1. The highest BCUT2D eigenvalue weighted by Crippen LogP contribution is 2.36. The first kappa shape index (κ1) is 29.7. The van der Waals surface area contributed by atoms with Gasteiger partial charge in [0.2, 0.25) is 5.91 Å². The van der Waals surface area contributed by atoms with Crippen molar-refractivity contribution < 1.29 is 32.4 Å². The average Bonchev–Trinajstić information content (AvgIpc) is 2.88. The van der Waals surface area contributed by atoms with E-state index in [1.54, 1.807) is 6.92 Å². The molecule has 206 valence electrons. The minimum absolute atomic E-state index is 0.00395. The molecule has 39 heavy (non-hydrogen) atoms. The van der Waals surface area contributed by atoms with Crippen LogP contribution in [0, 0.1) is 17.0 Å². The molecule has 1 amide bonds. The van der Waals surface area contributed by atoms with Crippen LogP contribution < -0.4 is 14.4 Å². The highest BCUT2D eigenvalue weighted by atomic mass is 35.5. The molecule has 0 bridgehead atoms. The van der Waals surface area contributed by atoms with Crippen LogP contribution in [0.2, 0.25) is 10.0 Å². The zero-order valence-electron chi connectivity index (χ0n) is 20.9. The predicted molar refractivity (Wildman–Crippen MR) is 146 cm³/mol. The molecule has 3 aromatic carbocycles. The lowest BCUT2D eigenvalue weighted by atomic mass is 10.2. The summed E-state index contributed by atoms with van der Waals surface area (Å²) in [6.07, 6.45) is 0. The number of carbonyl (C=O) groups is 2. The van der Waals surface area contributed by atoms with Gasteiger partial charge in [-0.05, 0) is 56.3 Å². The second kappa shape index (κ2) is 12.3. The van der Waals surface area contributed by atoms with Crippen LogP contribution in [-0.2, 0) is 19.6 Å². The topological polar surface area (TPSA) is 145 Å². The summed E-state index contributed by atoms with van der Waals surface area (Å²) in [4.78, 5) is 35.6. The molecule has 0 aliphatic carbocycles. The van der Waals surface area contributed by atoms with Crippen LogP contribution in [0.25, 0.3) is 0 Å². The van der Waals surface area contributed by atoms with Gasteiger partial charge in [0.1, 0.15) is 12.3 Å². The van der Waals surface area contributed by atoms with Crippen molar-refractivity contribution in [2.24, 2.45) is 0 Å². The average molecular weight is 596 g/mol. The van der Waals surface area contributed by atoms with E-state index in [2.05, 4.69) is 5.32 Å². The Morgan fingerprint density at radius 1 is 1.08 bits per heavy atom. The van der Waals surface area contributed by atoms with Crippen LogP contribution in [0.3, 0.4) is 0 Å². The summed E-state index contributed by atoms with van der Waals surface area (Å²) >= 11 is 12.2. The van der Waals surface area contributed by atoms with Gasteiger partial charge in [0, 0.05) is 22.3 Å². The maximum Gasteiger partial charge on any atom is 0.339 e. The maximum absolute atomic E-state index is 13.8. The molecule has 0 spiro atoms. The van der Waals surface area contributed by atoms with E-state index >= 15 is 0 Å². The highest BCUT2D eigenvalue weighted by molar-refractivity contribution is 7.92. The molecule has 1 N–H and O–H groups in total. The molecule has 0 aliphatic heterocycles. The number of ether oxygens (including phenoxy) is 2. The molecular formula is C25H23Cl2N3O8S. The van der Waals surface area contributed by atoms with E-state index in [1.165, 1.54) is 62.6 Å². The maximum atomic E-state index is 13.8. The molecule has 0 saturated carbocycles. The van der Waals surface area contributed by atoms with E-state index in [-0.39, 0.29) is 44.9 Å². The summed E-state index contributed by atoms with van der Waals surface area (Å²) in [5.41, 5.74) is -0.0836. The smallest absolute Gasteiger partial charge is 0.339 e. The fraction of sp³-hybridized carbons (Fsp3) is 0.200.